The van der Waals surface area contributed by atoms with E-state index in [0.29, 0.717) is 5.92 Å². The van der Waals surface area contributed by atoms with Gasteiger partial charge in [-0.15, -0.1) is 0 Å². The Labute approximate surface area is 162 Å². The maximum atomic E-state index is 4.77. The Morgan fingerprint density at radius 1 is 0.923 bits per heavy atom. The van der Waals surface area contributed by atoms with Crippen LogP contribution in [0.3, 0.4) is 0 Å². The predicted octanol–water partition coefficient (Wildman–Crippen LogP) is 7.55. The summed E-state index contributed by atoms with van der Waals surface area (Å²) in [5.74, 6) is 4.62. The highest BCUT2D eigenvalue weighted by Gasteiger charge is 2.32. The maximum Gasteiger partial charge on any atom is 0.0434 e. The standard InChI is InChI=1S/C25H41N/c1-4-6-7-21-8-11-23(12-9-21)24-15-13-22(14-16-24)19(3)25-17-10-20(5-2)18-26-25/h10,17-19,21-24H,4-9,11-16H2,1-3H3. The van der Waals surface area contributed by atoms with Crippen molar-refractivity contribution in [2.24, 2.45) is 23.7 Å². The summed E-state index contributed by atoms with van der Waals surface area (Å²) >= 11 is 0. The first-order chi connectivity index (χ1) is 12.7. The summed E-state index contributed by atoms with van der Waals surface area (Å²) in [5, 5.41) is 0. The van der Waals surface area contributed by atoms with Gasteiger partial charge in [-0.25, -0.2) is 0 Å². The Morgan fingerprint density at radius 3 is 2.12 bits per heavy atom. The van der Waals surface area contributed by atoms with Crippen LogP contribution in [0.5, 0.6) is 0 Å². The van der Waals surface area contributed by atoms with Crippen LogP contribution in [0.25, 0.3) is 0 Å². The lowest BCUT2D eigenvalue weighted by Crippen LogP contribution is -2.27. The minimum atomic E-state index is 0.631. The molecule has 0 aromatic carbocycles. The molecule has 0 amide bonds. The van der Waals surface area contributed by atoms with E-state index in [9.17, 15) is 0 Å². The van der Waals surface area contributed by atoms with Crippen LogP contribution in [-0.4, -0.2) is 4.98 Å². The molecule has 146 valence electrons. The van der Waals surface area contributed by atoms with Crippen molar-refractivity contribution in [3.05, 3.63) is 29.6 Å². The SMILES string of the molecule is CCCCC1CCC(C2CCC(C(C)c3ccc(CC)cn3)CC2)CC1. The van der Waals surface area contributed by atoms with Gasteiger partial charge < -0.3 is 0 Å². The Bertz CT molecular complexity index is 503. The highest BCUT2D eigenvalue weighted by atomic mass is 14.7. The minimum absolute atomic E-state index is 0.631. The van der Waals surface area contributed by atoms with Gasteiger partial charge in [0.05, 0.1) is 0 Å². The molecule has 1 aromatic rings. The third kappa shape index (κ3) is 5.11. The summed E-state index contributed by atoms with van der Waals surface area (Å²) in [6, 6.07) is 4.56. The molecule has 0 saturated heterocycles. The molecule has 2 aliphatic rings. The molecule has 1 aromatic heterocycles. The molecule has 0 bridgehead atoms. The van der Waals surface area contributed by atoms with Crippen LogP contribution in [-0.2, 0) is 6.42 Å². The third-order valence-electron chi connectivity index (χ3n) is 7.77. The zero-order valence-corrected chi connectivity index (χ0v) is 17.6. The fourth-order valence-corrected chi connectivity index (χ4v) is 5.71. The number of hydrogen-bond donors (Lipinski definition) is 0. The maximum absolute atomic E-state index is 4.77. The Kier molecular flexibility index (Phi) is 7.58. The van der Waals surface area contributed by atoms with Gasteiger partial charge in [-0.3, -0.25) is 4.98 Å². The molecule has 0 spiro atoms. The zero-order valence-electron chi connectivity index (χ0n) is 17.6. The van der Waals surface area contributed by atoms with Gasteiger partial charge in [0.2, 0.25) is 0 Å². The van der Waals surface area contributed by atoms with Crippen LogP contribution in [0.15, 0.2) is 18.3 Å². The number of unbranched alkanes of at least 4 members (excludes halogenated alkanes) is 1. The third-order valence-corrected chi connectivity index (χ3v) is 7.77. The molecule has 0 N–H and O–H groups in total. The average Bonchev–Trinajstić information content (AvgIpc) is 2.72. The number of rotatable bonds is 7. The van der Waals surface area contributed by atoms with Crippen molar-refractivity contribution in [2.75, 3.05) is 0 Å². The van der Waals surface area contributed by atoms with Gasteiger partial charge in [0.15, 0.2) is 0 Å². The first-order valence-corrected chi connectivity index (χ1v) is 11.7. The van der Waals surface area contributed by atoms with E-state index >= 15 is 0 Å². The van der Waals surface area contributed by atoms with Gasteiger partial charge in [0.1, 0.15) is 0 Å². The van der Waals surface area contributed by atoms with Crippen LogP contribution in [0.1, 0.15) is 109 Å². The van der Waals surface area contributed by atoms with Crippen LogP contribution >= 0.6 is 0 Å². The topological polar surface area (TPSA) is 12.9 Å². The van der Waals surface area contributed by atoms with Crippen molar-refractivity contribution in [1.82, 2.24) is 4.98 Å². The lowest BCUT2D eigenvalue weighted by Gasteiger charge is -2.39. The molecular weight excluding hydrogens is 314 g/mol. The molecule has 2 saturated carbocycles. The molecule has 0 radical (unpaired) electrons. The van der Waals surface area contributed by atoms with E-state index < -0.39 is 0 Å². The molecule has 1 heteroatoms. The van der Waals surface area contributed by atoms with E-state index in [4.69, 9.17) is 4.98 Å². The zero-order chi connectivity index (χ0) is 18.4. The van der Waals surface area contributed by atoms with Gasteiger partial charge in [-0.2, -0.15) is 0 Å². The fourth-order valence-electron chi connectivity index (χ4n) is 5.71. The van der Waals surface area contributed by atoms with Crippen molar-refractivity contribution in [3.8, 4) is 0 Å². The first-order valence-electron chi connectivity index (χ1n) is 11.7. The van der Waals surface area contributed by atoms with Crippen LogP contribution in [0.4, 0.5) is 0 Å². The lowest BCUT2D eigenvalue weighted by molar-refractivity contribution is 0.136. The van der Waals surface area contributed by atoms with Crippen LogP contribution in [0.2, 0.25) is 0 Å². The summed E-state index contributed by atoms with van der Waals surface area (Å²) in [7, 11) is 0. The molecule has 0 aliphatic heterocycles. The first kappa shape index (κ1) is 19.9. The smallest absolute Gasteiger partial charge is 0.0434 e. The van der Waals surface area contributed by atoms with Crippen molar-refractivity contribution >= 4 is 0 Å². The molecule has 1 heterocycles. The molecule has 1 nitrogen and oxygen atoms in total. The van der Waals surface area contributed by atoms with Gasteiger partial charge >= 0.3 is 0 Å². The predicted molar refractivity (Wildman–Crippen MR) is 112 cm³/mol. The molecule has 2 aliphatic carbocycles. The lowest BCUT2D eigenvalue weighted by atomic mass is 9.67. The van der Waals surface area contributed by atoms with E-state index in [1.165, 1.54) is 81.9 Å². The number of pyridine rings is 1. The summed E-state index contributed by atoms with van der Waals surface area (Å²) in [6.07, 6.45) is 19.4. The minimum Gasteiger partial charge on any atom is -0.261 e. The molecular formula is C25H41N. The molecule has 3 rings (SSSR count). The number of hydrogen-bond acceptors (Lipinski definition) is 1. The van der Waals surface area contributed by atoms with Crippen molar-refractivity contribution < 1.29 is 0 Å². The van der Waals surface area contributed by atoms with Gasteiger partial charge in [-0.05, 0) is 80.2 Å². The van der Waals surface area contributed by atoms with E-state index in [-0.39, 0.29) is 0 Å². The van der Waals surface area contributed by atoms with Crippen molar-refractivity contribution in [1.29, 1.82) is 0 Å². The molecule has 26 heavy (non-hydrogen) atoms. The van der Waals surface area contributed by atoms with Gasteiger partial charge in [0, 0.05) is 17.8 Å². The molecule has 2 fully saturated rings. The number of aryl methyl sites for hydroxylation is 1. The number of aromatic nitrogens is 1. The Hall–Kier alpha value is -0.850. The summed E-state index contributed by atoms with van der Waals surface area (Å²) in [6.45, 7) is 6.95. The number of nitrogens with zero attached hydrogens (tertiary/aromatic N) is 1. The summed E-state index contributed by atoms with van der Waals surface area (Å²) in [5.41, 5.74) is 2.68. The van der Waals surface area contributed by atoms with E-state index in [1.54, 1.807) is 0 Å². The molecule has 1 atom stereocenters. The van der Waals surface area contributed by atoms with Gasteiger partial charge in [0.25, 0.3) is 0 Å². The Morgan fingerprint density at radius 2 is 1.58 bits per heavy atom. The monoisotopic (exact) mass is 355 g/mol. The van der Waals surface area contributed by atoms with Gasteiger partial charge in [-0.1, -0.05) is 58.9 Å². The molecule has 1 unspecified atom stereocenters. The van der Waals surface area contributed by atoms with Crippen LogP contribution in [0, 0.1) is 23.7 Å². The van der Waals surface area contributed by atoms with E-state index in [2.05, 4.69) is 39.1 Å². The van der Waals surface area contributed by atoms with E-state index in [0.717, 1.165) is 30.1 Å². The largest absolute Gasteiger partial charge is 0.261 e. The van der Waals surface area contributed by atoms with Crippen LogP contribution < -0.4 is 0 Å². The highest BCUT2D eigenvalue weighted by Crippen LogP contribution is 2.44. The van der Waals surface area contributed by atoms with E-state index in [1.807, 2.05) is 0 Å². The summed E-state index contributed by atoms with van der Waals surface area (Å²) in [4.78, 5) is 4.77. The normalized spacial score (nSPS) is 30.9. The van der Waals surface area contributed by atoms with Crippen molar-refractivity contribution in [2.45, 2.75) is 104 Å². The fraction of sp³-hybridized carbons (Fsp3) is 0.800. The highest BCUT2D eigenvalue weighted by molar-refractivity contribution is 5.17. The second-order valence-corrected chi connectivity index (χ2v) is 9.33. The Balaban J connectivity index is 1.44. The van der Waals surface area contributed by atoms with Crippen molar-refractivity contribution in [3.63, 3.8) is 0 Å². The quantitative estimate of drug-likeness (QED) is 0.492. The average molecular weight is 356 g/mol. The second-order valence-electron chi connectivity index (χ2n) is 9.33. The summed E-state index contributed by atoms with van der Waals surface area (Å²) < 4.78 is 0. The second kappa shape index (κ2) is 9.90.